The van der Waals surface area contributed by atoms with Gasteiger partial charge in [0.15, 0.2) is 0 Å². The van der Waals surface area contributed by atoms with Crippen molar-refractivity contribution in [1.82, 2.24) is 20.0 Å². The lowest BCUT2D eigenvalue weighted by Crippen LogP contribution is -2.49. The van der Waals surface area contributed by atoms with Crippen LogP contribution in [-0.2, 0) is 13.6 Å². The van der Waals surface area contributed by atoms with E-state index in [1.165, 1.54) is 5.56 Å². The standard InChI is InChI=1S/C18H25N5O/c1-14-10-16(20-18(24)21-17-11-19-22(2)13-17)8-9-23(14)12-15-6-4-3-5-7-15/h3-7,11,13-14,16H,8-10,12H2,1-2H3,(H2,20,21,24)/t14-,16+/m1/s1. The number of hydrogen-bond acceptors (Lipinski definition) is 3. The van der Waals surface area contributed by atoms with Crippen LogP contribution in [0.1, 0.15) is 25.3 Å². The molecule has 2 heterocycles. The number of nitrogens with zero attached hydrogens (tertiary/aromatic N) is 3. The Balaban J connectivity index is 1.47. The van der Waals surface area contributed by atoms with Crippen LogP contribution in [0.25, 0.3) is 0 Å². The highest BCUT2D eigenvalue weighted by Gasteiger charge is 2.26. The SMILES string of the molecule is C[C@@H]1C[C@@H](NC(=O)Nc2cnn(C)c2)CCN1Cc1ccccc1. The lowest BCUT2D eigenvalue weighted by atomic mass is 9.97. The summed E-state index contributed by atoms with van der Waals surface area (Å²) in [5, 5.41) is 9.95. The number of carbonyl (C=O) groups is 1. The van der Waals surface area contributed by atoms with Crippen molar-refractivity contribution in [3.05, 3.63) is 48.3 Å². The normalized spacial score (nSPS) is 21.4. The summed E-state index contributed by atoms with van der Waals surface area (Å²) < 4.78 is 1.67. The molecular formula is C18H25N5O. The molecule has 128 valence electrons. The molecule has 1 fully saturated rings. The molecule has 1 aromatic carbocycles. The first-order valence-electron chi connectivity index (χ1n) is 8.44. The molecule has 2 atom stereocenters. The highest BCUT2D eigenvalue weighted by molar-refractivity contribution is 5.89. The molecule has 6 heteroatoms. The fourth-order valence-electron chi connectivity index (χ4n) is 3.24. The van der Waals surface area contributed by atoms with Crippen molar-refractivity contribution in [1.29, 1.82) is 0 Å². The summed E-state index contributed by atoms with van der Waals surface area (Å²) >= 11 is 0. The molecule has 1 aliphatic heterocycles. The Labute approximate surface area is 142 Å². The topological polar surface area (TPSA) is 62.2 Å². The number of rotatable bonds is 4. The Kier molecular flexibility index (Phi) is 5.15. The van der Waals surface area contributed by atoms with Crippen molar-refractivity contribution in [2.24, 2.45) is 7.05 Å². The summed E-state index contributed by atoms with van der Waals surface area (Å²) in [6.07, 6.45) is 5.36. The molecule has 0 unspecified atom stereocenters. The number of aromatic nitrogens is 2. The summed E-state index contributed by atoms with van der Waals surface area (Å²) in [5.41, 5.74) is 2.05. The zero-order valence-corrected chi connectivity index (χ0v) is 14.3. The highest BCUT2D eigenvalue weighted by atomic mass is 16.2. The van der Waals surface area contributed by atoms with Gasteiger partial charge in [-0.05, 0) is 25.3 Å². The van der Waals surface area contributed by atoms with Gasteiger partial charge in [-0.2, -0.15) is 5.10 Å². The number of amides is 2. The molecular weight excluding hydrogens is 302 g/mol. The van der Waals surface area contributed by atoms with E-state index in [-0.39, 0.29) is 12.1 Å². The molecule has 0 aliphatic carbocycles. The zero-order chi connectivity index (χ0) is 16.9. The first-order valence-corrected chi connectivity index (χ1v) is 8.44. The van der Waals surface area contributed by atoms with Crippen LogP contribution in [-0.4, -0.2) is 39.3 Å². The highest BCUT2D eigenvalue weighted by Crippen LogP contribution is 2.20. The minimum atomic E-state index is -0.156. The largest absolute Gasteiger partial charge is 0.335 e. The molecule has 1 aromatic heterocycles. The average molecular weight is 327 g/mol. The number of likely N-dealkylation sites (tertiary alicyclic amines) is 1. The minimum Gasteiger partial charge on any atom is -0.335 e. The number of aryl methyl sites for hydroxylation is 1. The van der Waals surface area contributed by atoms with E-state index in [1.54, 1.807) is 17.1 Å². The van der Waals surface area contributed by atoms with Crippen molar-refractivity contribution < 1.29 is 4.79 Å². The Morgan fingerprint density at radius 2 is 2.12 bits per heavy atom. The third-order valence-corrected chi connectivity index (χ3v) is 4.54. The number of urea groups is 1. The Morgan fingerprint density at radius 3 is 2.79 bits per heavy atom. The number of carbonyl (C=O) groups excluding carboxylic acids is 1. The second-order valence-electron chi connectivity index (χ2n) is 6.53. The van der Waals surface area contributed by atoms with Crippen LogP contribution in [0, 0.1) is 0 Å². The summed E-state index contributed by atoms with van der Waals surface area (Å²) in [4.78, 5) is 14.6. The Morgan fingerprint density at radius 1 is 1.33 bits per heavy atom. The van der Waals surface area contributed by atoms with E-state index in [9.17, 15) is 4.79 Å². The molecule has 2 aromatic rings. The van der Waals surface area contributed by atoms with Gasteiger partial charge in [0.05, 0.1) is 11.9 Å². The predicted octanol–water partition coefficient (Wildman–Crippen LogP) is 2.59. The number of nitrogens with one attached hydrogen (secondary N) is 2. The van der Waals surface area contributed by atoms with Gasteiger partial charge in [-0.25, -0.2) is 4.79 Å². The third kappa shape index (κ3) is 4.35. The molecule has 0 bridgehead atoms. The van der Waals surface area contributed by atoms with Crippen LogP contribution in [0.5, 0.6) is 0 Å². The first-order chi connectivity index (χ1) is 11.6. The van der Waals surface area contributed by atoms with Crippen molar-refractivity contribution in [2.75, 3.05) is 11.9 Å². The summed E-state index contributed by atoms with van der Waals surface area (Å²) in [6, 6.07) is 11.0. The second-order valence-corrected chi connectivity index (χ2v) is 6.53. The van der Waals surface area contributed by atoms with Gasteiger partial charge in [0, 0.05) is 38.4 Å². The molecule has 1 saturated heterocycles. The number of piperidine rings is 1. The maximum absolute atomic E-state index is 12.1. The summed E-state index contributed by atoms with van der Waals surface area (Å²) in [6.45, 7) is 4.19. The van der Waals surface area contributed by atoms with Crippen molar-refractivity contribution in [3.8, 4) is 0 Å². The second kappa shape index (κ2) is 7.49. The molecule has 0 spiro atoms. The van der Waals surface area contributed by atoms with Crippen molar-refractivity contribution in [2.45, 2.75) is 38.4 Å². The lowest BCUT2D eigenvalue weighted by molar-refractivity contribution is 0.131. The van der Waals surface area contributed by atoms with Gasteiger partial charge in [0.25, 0.3) is 0 Å². The van der Waals surface area contributed by atoms with E-state index < -0.39 is 0 Å². The summed E-state index contributed by atoms with van der Waals surface area (Å²) in [5.74, 6) is 0. The molecule has 3 rings (SSSR count). The predicted molar refractivity (Wildman–Crippen MR) is 94.7 cm³/mol. The van der Waals surface area contributed by atoms with Crippen molar-refractivity contribution in [3.63, 3.8) is 0 Å². The summed E-state index contributed by atoms with van der Waals surface area (Å²) in [7, 11) is 1.83. The molecule has 1 aliphatic rings. The van der Waals surface area contributed by atoms with Crippen LogP contribution < -0.4 is 10.6 Å². The molecule has 0 saturated carbocycles. The Hall–Kier alpha value is -2.34. The van der Waals surface area contributed by atoms with Crippen LogP contribution in [0.15, 0.2) is 42.7 Å². The van der Waals surface area contributed by atoms with Gasteiger partial charge >= 0.3 is 6.03 Å². The monoisotopic (exact) mass is 327 g/mol. The van der Waals surface area contributed by atoms with E-state index in [0.717, 1.165) is 25.9 Å². The zero-order valence-electron chi connectivity index (χ0n) is 14.3. The molecule has 2 amide bonds. The van der Waals surface area contributed by atoms with Gasteiger partial charge in [0.1, 0.15) is 0 Å². The molecule has 0 radical (unpaired) electrons. The smallest absolute Gasteiger partial charge is 0.319 e. The number of benzene rings is 1. The van der Waals surface area contributed by atoms with E-state index in [4.69, 9.17) is 0 Å². The van der Waals surface area contributed by atoms with E-state index in [1.807, 2.05) is 13.1 Å². The van der Waals surface area contributed by atoms with Gasteiger partial charge in [0.2, 0.25) is 0 Å². The average Bonchev–Trinajstić information content (AvgIpc) is 2.96. The molecule has 2 N–H and O–H groups in total. The van der Waals surface area contributed by atoms with E-state index in [2.05, 4.69) is 51.8 Å². The fourth-order valence-corrected chi connectivity index (χ4v) is 3.24. The van der Waals surface area contributed by atoms with Gasteiger partial charge in [-0.1, -0.05) is 30.3 Å². The molecule has 6 nitrogen and oxygen atoms in total. The molecule has 24 heavy (non-hydrogen) atoms. The van der Waals surface area contributed by atoms with E-state index in [0.29, 0.717) is 11.7 Å². The maximum atomic E-state index is 12.1. The number of anilines is 1. The van der Waals surface area contributed by atoms with Crippen LogP contribution in [0.3, 0.4) is 0 Å². The van der Waals surface area contributed by atoms with Gasteiger partial charge in [-0.15, -0.1) is 0 Å². The van der Waals surface area contributed by atoms with Crippen LogP contribution in [0.4, 0.5) is 10.5 Å². The van der Waals surface area contributed by atoms with Gasteiger partial charge < -0.3 is 10.6 Å². The maximum Gasteiger partial charge on any atom is 0.319 e. The lowest BCUT2D eigenvalue weighted by Gasteiger charge is -2.38. The van der Waals surface area contributed by atoms with Crippen molar-refractivity contribution >= 4 is 11.7 Å². The minimum absolute atomic E-state index is 0.156. The van der Waals surface area contributed by atoms with Crippen LogP contribution >= 0.6 is 0 Å². The van der Waals surface area contributed by atoms with E-state index >= 15 is 0 Å². The van der Waals surface area contributed by atoms with Crippen LogP contribution in [0.2, 0.25) is 0 Å². The fraction of sp³-hybridized carbons (Fsp3) is 0.444. The Bertz CT molecular complexity index is 669. The third-order valence-electron chi connectivity index (χ3n) is 4.54. The first kappa shape index (κ1) is 16.5. The van der Waals surface area contributed by atoms with Gasteiger partial charge in [-0.3, -0.25) is 9.58 Å². The quantitative estimate of drug-likeness (QED) is 0.907. The number of hydrogen-bond donors (Lipinski definition) is 2.